The van der Waals surface area contributed by atoms with Crippen molar-refractivity contribution in [3.8, 4) is 0 Å². The maximum atomic E-state index is 12.2. The maximum absolute atomic E-state index is 12.2. The second-order valence-electron chi connectivity index (χ2n) is 5.75. The van der Waals surface area contributed by atoms with Crippen molar-refractivity contribution in [2.75, 3.05) is 17.6 Å². The molecule has 2 aromatic heterocycles. The molecule has 2 N–H and O–H groups in total. The lowest BCUT2D eigenvalue weighted by atomic mass is 9.99. The Bertz CT molecular complexity index is 658. The van der Waals surface area contributed by atoms with Crippen molar-refractivity contribution in [1.29, 1.82) is 0 Å². The van der Waals surface area contributed by atoms with Gasteiger partial charge >= 0.3 is 0 Å². The van der Waals surface area contributed by atoms with Crippen molar-refractivity contribution in [3.63, 3.8) is 0 Å². The van der Waals surface area contributed by atoms with Crippen LogP contribution in [0.25, 0.3) is 11.0 Å². The smallest absolute Gasteiger partial charge is 0.223 e. The fraction of sp³-hybridized carbons (Fsp3) is 0.533. The quantitative estimate of drug-likeness (QED) is 0.754. The van der Waals surface area contributed by atoms with Crippen molar-refractivity contribution >= 4 is 35.4 Å². The molecule has 0 unspecified atom stereocenters. The first-order valence-corrected chi connectivity index (χ1v) is 8.27. The van der Waals surface area contributed by atoms with E-state index in [1.807, 2.05) is 17.2 Å². The molecule has 3 rings (SSSR count). The summed E-state index contributed by atoms with van der Waals surface area (Å²) >= 11 is 4.16. The van der Waals surface area contributed by atoms with Crippen LogP contribution in [0.2, 0.25) is 0 Å². The minimum Gasteiger partial charge on any atom is -0.365 e. The maximum Gasteiger partial charge on any atom is 0.223 e. The number of fused-ring (bicyclic) bond motifs is 1. The number of hydrogen-bond donors (Lipinski definition) is 3. The zero-order chi connectivity index (χ0) is 15.5. The molecule has 1 amide bonds. The van der Waals surface area contributed by atoms with E-state index in [0.717, 1.165) is 29.7 Å². The van der Waals surface area contributed by atoms with Crippen molar-refractivity contribution in [2.24, 2.45) is 0 Å². The third kappa shape index (κ3) is 3.04. The molecule has 0 bridgehead atoms. The van der Waals surface area contributed by atoms with Crippen LogP contribution in [0.15, 0.2) is 18.6 Å². The van der Waals surface area contributed by atoms with E-state index in [2.05, 4.69) is 39.8 Å². The van der Waals surface area contributed by atoms with Gasteiger partial charge in [0.2, 0.25) is 5.91 Å². The number of nitrogens with one attached hydrogen (secondary N) is 2. The Kier molecular flexibility index (Phi) is 4.52. The number of amides is 1. The Labute approximate surface area is 135 Å². The second-order valence-corrected chi connectivity index (χ2v) is 6.20. The number of rotatable bonds is 4. The van der Waals surface area contributed by atoms with E-state index in [0.29, 0.717) is 24.8 Å². The predicted octanol–water partition coefficient (Wildman–Crippen LogP) is 2.07. The molecule has 0 radical (unpaired) electrons. The summed E-state index contributed by atoms with van der Waals surface area (Å²) in [7, 11) is 0. The van der Waals surface area contributed by atoms with Crippen molar-refractivity contribution in [3.05, 3.63) is 18.6 Å². The largest absolute Gasteiger partial charge is 0.365 e. The number of likely N-dealkylation sites (tertiary alicyclic amines) is 1. The molecule has 1 aliphatic rings. The number of thiol groups is 1. The lowest BCUT2D eigenvalue weighted by Gasteiger charge is -2.38. The molecule has 0 aliphatic carbocycles. The van der Waals surface area contributed by atoms with Gasteiger partial charge in [-0.2, -0.15) is 12.6 Å². The fourth-order valence-electron chi connectivity index (χ4n) is 2.99. The van der Waals surface area contributed by atoms with E-state index in [-0.39, 0.29) is 11.9 Å². The molecule has 0 aromatic carbocycles. The van der Waals surface area contributed by atoms with Gasteiger partial charge in [-0.15, -0.1) is 0 Å². The van der Waals surface area contributed by atoms with E-state index in [1.165, 1.54) is 0 Å². The van der Waals surface area contributed by atoms with Gasteiger partial charge in [-0.1, -0.05) is 0 Å². The molecule has 1 saturated heterocycles. The number of hydrogen-bond acceptors (Lipinski definition) is 5. The first kappa shape index (κ1) is 15.1. The summed E-state index contributed by atoms with van der Waals surface area (Å²) in [6.07, 6.45) is 5.93. The van der Waals surface area contributed by atoms with E-state index >= 15 is 0 Å². The number of aromatic nitrogens is 3. The highest BCUT2D eigenvalue weighted by atomic mass is 32.1. The summed E-state index contributed by atoms with van der Waals surface area (Å²) in [5.41, 5.74) is 0.824. The van der Waals surface area contributed by atoms with Crippen molar-refractivity contribution in [2.45, 2.75) is 38.3 Å². The molecule has 7 heteroatoms. The van der Waals surface area contributed by atoms with Crippen LogP contribution < -0.4 is 5.32 Å². The van der Waals surface area contributed by atoms with Gasteiger partial charge in [0.15, 0.2) is 0 Å². The van der Waals surface area contributed by atoms with Crippen LogP contribution in [-0.4, -0.2) is 50.1 Å². The molecule has 22 heavy (non-hydrogen) atoms. The summed E-state index contributed by atoms with van der Waals surface area (Å²) in [4.78, 5) is 25.8. The molecule has 2 aromatic rings. The van der Waals surface area contributed by atoms with Gasteiger partial charge in [0.05, 0.1) is 5.39 Å². The van der Waals surface area contributed by atoms with Crippen LogP contribution in [0.5, 0.6) is 0 Å². The molecule has 1 fully saturated rings. The van der Waals surface area contributed by atoms with Crippen LogP contribution in [0.1, 0.15) is 26.2 Å². The average molecular weight is 319 g/mol. The summed E-state index contributed by atoms with van der Waals surface area (Å²) < 4.78 is 0. The highest BCUT2D eigenvalue weighted by molar-refractivity contribution is 7.80. The number of piperidine rings is 1. The van der Waals surface area contributed by atoms with Crippen LogP contribution in [-0.2, 0) is 4.79 Å². The molecule has 6 nitrogen and oxygen atoms in total. The SMILES string of the molecule is C[C@H]1CC[C@@H](Nc2ncnc3[nH]ccc23)CN1C(=O)CCS. The van der Waals surface area contributed by atoms with Crippen molar-refractivity contribution in [1.82, 2.24) is 19.9 Å². The number of nitrogens with zero attached hydrogens (tertiary/aromatic N) is 3. The molecule has 0 saturated carbocycles. The van der Waals surface area contributed by atoms with E-state index in [9.17, 15) is 4.79 Å². The normalized spacial score (nSPS) is 22.0. The molecule has 118 valence electrons. The predicted molar refractivity (Wildman–Crippen MR) is 90.2 cm³/mol. The van der Waals surface area contributed by atoms with Gasteiger partial charge < -0.3 is 15.2 Å². The summed E-state index contributed by atoms with van der Waals surface area (Å²) in [6, 6.07) is 2.48. The van der Waals surface area contributed by atoms with Gasteiger partial charge in [0.25, 0.3) is 0 Å². The fourth-order valence-corrected chi connectivity index (χ4v) is 3.18. The molecular formula is C15H21N5OS. The zero-order valence-corrected chi connectivity index (χ0v) is 13.5. The molecule has 3 heterocycles. The standard InChI is InChI=1S/C15H21N5OS/c1-10-2-3-11(8-20(10)13(21)5-7-22)19-15-12-4-6-16-14(12)17-9-18-15/h4,6,9-11,22H,2-3,5,7-8H2,1H3,(H2,16,17,18,19)/t10-,11+/m0/s1. The molecule has 1 aliphatic heterocycles. The molecule has 2 atom stereocenters. The Morgan fingerprint density at radius 3 is 3.18 bits per heavy atom. The number of H-pyrrole nitrogens is 1. The lowest BCUT2D eigenvalue weighted by molar-refractivity contribution is -0.134. The first-order chi connectivity index (χ1) is 10.7. The highest BCUT2D eigenvalue weighted by Gasteiger charge is 2.28. The Hall–Kier alpha value is -1.76. The van der Waals surface area contributed by atoms with E-state index in [4.69, 9.17) is 0 Å². The van der Waals surface area contributed by atoms with Gasteiger partial charge in [0, 0.05) is 31.2 Å². The minimum absolute atomic E-state index is 0.184. The summed E-state index contributed by atoms with van der Waals surface area (Å²) in [5.74, 6) is 1.60. The Morgan fingerprint density at radius 1 is 1.50 bits per heavy atom. The van der Waals surface area contributed by atoms with Gasteiger partial charge in [-0.3, -0.25) is 4.79 Å². The number of anilines is 1. The van der Waals surface area contributed by atoms with Crippen LogP contribution in [0, 0.1) is 0 Å². The topological polar surface area (TPSA) is 73.9 Å². The number of carbonyl (C=O) groups is 1. The zero-order valence-electron chi connectivity index (χ0n) is 12.6. The third-order valence-corrected chi connectivity index (χ3v) is 4.45. The highest BCUT2D eigenvalue weighted by Crippen LogP contribution is 2.23. The Balaban J connectivity index is 1.73. The minimum atomic E-state index is 0.184. The Morgan fingerprint density at radius 2 is 2.36 bits per heavy atom. The van der Waals surface area contributed by atoms with Gasteiger partial charge in [-0.25, -0.2) is 9.97 Å². The lowest BCUT2D eigenvalue weighted by Crippen LogP contribution is -2.49. The monoisotopic (exact) mass is 319 g/mol. The summed E-state index contributed by atoms with van der Waals surface area (Å²) in [6.45, 7) is 2.82. The van der Waals surface area contributed by atoms with Crippen LogP contribution >= 0.6 is 12.6 Å². The molecule has 0 spiro atoms. The van der Waals surface area contributed by atoms with Gasteiger partial charge in [-0.05, 0) is 31.6 Å². The van der Waals surface area contributed by atoms with Crippen LogP contribution in [0.4, 0.5) is 5.82 Å². The molecular weight excluding hydrogens is 298 g/mol. The average Bonchev–Trinajstić information content (AvgIpc) is 2.99. The number of aromatic amines is 1. The first-order valence-electron chi connectivity index (χ1n) is 7.64. The van der Waals surface area contributed by atoms with Crippen LogP contribution in [0.3, 0.4) is 0 Å². The van der Waals surface area contributed by atoms with E-state index in [1.54, 1.807) is 6.33 Å². The van der Waals surface area contributed by atoms with Gasteiger partial charge in [0.1, 0.15) is 17.8 Å². The number of carbonyl (C=O) groups excluding carboxylic acids is 1. The third-order valence-electron chi connectivity index (χ3n) is 4.22. The van der Waals surface area contributed by atoms with E-state index < -0.39 is 0 Å². The van der Waals surface area contributed by atoms with Crippen molar-refractivity contribution < 1.29 is 4.79 Å². The summed E-state index contributed by atoms with van der Waals surface area (Å²) in [5, 5.41) is 4.45. The second kappa shape index (κ2) is 6.56.